The summed E-state index contributed by atoms with van der Waals surface area (Å²) in [7, 11) is 1.66. The minimum absolute atomic E-state index is 0.144. The predicted molar refractivity (Wildman–Crippen MR) is 128 cm³/mol. The zero-order chi connectivity index (χ0) is 22.3. The normalized spacial score (nSPS) is 15.6. The van der Waals surface area contributed by atoms with Crippen LogP contribution in [-0.2, 0) is 10.2 Å². The topological polar surface area (TPSA) is 64.8 Å². The Morgan fingerprint density at radius 1 is 1.06 bits per heavy atom. The Hall–Kier alpha value is -2.97. The molecule has 32 heavy (non-hydrogen) atoms. The van der Waals surface area contributed by atoms with Gasteiger partial charge in [-0.25, -0.2) is 0 Å². The molecule has 0 saturated carbocycles. The van der Waals surface area contributed by atoms with Gasteiger partial charge in [-0.3, -0.25) is 0 Å². The number of methoxy groups -OCH3 is 1. The third kappa shape index (κ3) is 3.73. The molecule has 5 rings (SSSR count). The first kappa shape index (κ1) is 20.9. The lowest BCUT2D eigenvalue weighted by Crippen LogP contribution is -2.35. The summed E-state index contributed by atoms with van der Waals surface area (Å²) >= 11 is 1.78. The predicted octanol–water partition coefficient (Wildman–Crippen LogP) is 3.54. The van der Waals surface area contributed by atoms with Crippen LogP contribution in [0.15, 0.2) is 36.4 Å². The highest BCUT2D eigenvalue weighted by Crippen LogP contribution is 2.30. The first-order valence-electron chi connectivity index (χ1n) is 10.8. The molecular weight excluding hydrogens is 422 g/mol. The third-order valence-corrected chi connectivity index (χ3v) is 6.71. The number of ether oxygens (including phenoxy) is 2. The van der Waals surface area contributed by atoms with E-state index in [-0.39, 0.29) is 5.41 Å². The molecule has 1 aliphatic heterocycles. The van der Waals surface area contributed by atoms with E-state index in [1.54, 1.807) is 18.4 Å². The summed E-state index contributed by atoms with van der Waals surface area (Å²) in [5.41, 5.74) is 2.49. The first-order chi connectivity index (χ1) is 15.5. The fraction of sp³-hybridized carbons (Fsp3) is 0.375. The summed E-state index contributed by atoms with van der Waals surface area (Å²) in [6.45, 7) is 9.96. The van der Waals surface area contributed by atoms with Gasteiger partial charge in [0, 0.05) is 28.6 Å². The number of nitrogens with zero attached hydrogens (tertiary/aromatic N) is 5. The molecule has 1 saturated heterocycles. The van der Waals surface area contributed by atoms with Crippen LogP contribution in [0, 0.1) is 0 Å². The number of hydrogen-bond donors (Lipinski definition) is 0. The van der Waals surface area contributed by atoms with E-state index in [9.17, 15) is 0 Å². The molecule has 1 aliphatic rings. The highest BCUT2D eigenvalue weighted by Gasteiger charge is 2.25. The SMILES string of the molecule is COc1ccccc1-c1nnc2/c(=C\c3ccc(N4CCOCC4)s3)c(C(C)(C)C)nn12. The van der Waals surface area contributed by atoms with Gasteiger partial charge in [-0.1, -0.05) is 32.9 Å². The lowest BCUT2D eigenvalue weighted by Gasteiger charge is -2.27. The Morgan fingerprint density at radius 2 is 1.84 bits per heavy atom. The molecule has 4 aromatic rings. The van der Waals surface area contributed by atoms with Crippen LogP contribution in [0.5, 0.6) is 5.75 Å². The molecule has 3 aromatic heterocycles. The van der Waals surface area contributed by atoms with Crippen LogP contribution in [0.2, 0.25) is 0 Å². The second-order valence-corrected chi connectivity index (χ2v) is 9.99. The van der Waals surface area contributed by atoms with Gasteiger partial charge in [0.1, 0.15) is 5.75 Å². The smallest absolute Gasteiger partial charge is 0.189 e. The molecule has 0 bridgehead atoms. The maximum Gasteiger partial charge on any atom is 0.189 e. The van der Waals surface area contributed by atoms with Gasteiger partial charge in [0.15, 0.2) is 11.5 Å². The number of anilines is 1. The second-order valence-electron chi connectivity index (χ2n) is 8.89. The summed E-state index contributed by atoms with van der Waals surface area (Å²) < 4.78 is 12.9. The van der Waals surface area contributed by atoms with E-state index in [2.05, 4.69) is 54.1 Å². The summed E-state index contributed by atoms with van der Waals surface area (Å²) in [6, 6.07) is 12.2. The fourth-order valence-corrected chi connectivity index (χ4v) is 5.00. The standard InChI is InChI=1S/C24H27N5O2S/c1-24(2,3)21-18(15-16-9-10-20(32-16)28-11-13-31-14-12-28)23-26-25-22(29(23)27-21)17-7-5-6-8-19(17)30-4/h5-10,15H,11-14H2,1-4H3/b18-15-. The summed E-state index contributed by atoms with van der Waals surface area (Å²) in [6.07, 6.45) is 2.19. The van der Waals surface area contributed by atoms with Crippen LogP contribution >= 0.6 is 11.3 Å². The van der Waals surface area contributed by atoms with Crippen molar-refractivity contribution in [3.05, 3.63) is 52.2 Å². The van der Waals surface area contributed by atoms with E-state index in [4.69, 9.17) is 14.6 Å². The van der Waals surface area contributed by atoms with Gasteiger partial charge < -0.3 is 14.4 Å². The number of aromatic nitrogens is 4. The molecule has 0 N–H and O–H groups in total. The second kappa shape index (κ2) is 8.18. The van der Waals surface area contributed by atoms with Crippen molar-refractivity contribution in [3.8, 4) is 17.1 Å². The van der Waals surface area contributed by atoms with Gasteiger partial charge in [-0.05, 0) is 30.3 Å². The lowest BCUT2D eigenvalue weighted by molar-refractivity contribution is 0.123. The van der Waals surface area contributed by atoms with Crippen LogP contribution in [0.1, 0.15) is 31.3 Å². The van der Waals surface area contributed by atoms with E-state index in [0.29, 0.717) is 5.82 Å². The van der Waals surface area contributed by atoms with Crippen molar-refractivity contribution in [2.24, 2.45) is 0 Å². The molecule has 1 fully saturated rings. The van der Waals surface area contributed by atoms with Gasteiger partial charge in [-0.2, -0.15) is 9.61 Å². The van der Waals surface area contributed by atoms with Crippen molar-refractivity contribution in [2.45, 2.75) is 26.2 Å². The molecule has 0 aliphatic carbocycles. The lowest BCUT2D eigenvalue weighted by atomic mass is 9.91. The average molecular weight is 450 g/mol. The Kier molecular flexibility index (Phi) is 5.35. The number of benzene rings is 1. The molecule has 4 heterocycles. The van der Waals surface area contributed by atoms with Crippen molar-refractivity contribution < 1.29 is 9.47 Å². The largest absolute Gasteiger partial charge is 0.496 e. The summed E-state index contributed by atoms with van der Waals surface area (Å²) in [5, 5.41) is 16.3. The van der Waals surface area contributed by atoms with Gasteiger partial charge in [0.25, 0.3) is 0 Å². The summed E-state index contributed by atoms with van der Waals surface area (Å²) in [5.74, 6) is 1.43. The fourth-order valence-electron chi connectivity index (χ4n) is 4.00. The van der Waals surface area contributed by atoms with Gasteiger partial charge in [0.05, 0.1) is 36.6 Å². The van der Waals surface area contributed by atoms with Crippen LogP contribution < -0.4 is 14.9 Å². The maximum atomic E-state index is 5.55. The van der Waals surface area contributed by atoms with Crippen molar-refractivity contribution in [3.63, 3.8) is 0 Å². The Labute approximate surface area is 191 Å². The zero-order valence-corrected chi connectivity index (χ0v) is 19.6. The number of para-hydroxylation sites is 1. The van der Waals surface area contributed by atoms with E-state index in [1.807, 2.05) is 28.8 Å². The first-order valence-corrected chi connectivity index (χ1v) is 11.6. The van der Waals surface area contributed by atoms with E-state index >= 15 is 0 Å². The molecule has 0 amide bonds. The minimum atomic E-state index is -0.144. The third-order valence-electron chi connectivity index (χ3n) is 5.62. The highest BCUT2D eigenvalue weighted by atomic mass is 32.1. The van der Waals surface area contributed by atoms with Crippen molar-refractivity contribution in [1.82, 2.24) is 19.8 Å². The van der Waals surface area contributed by atoms with Crippen LogP contribution in [0.3, 0.4) is 0 Å². The number of fused-ring (bicyclic) bond motifs is 1. The van der Waals surface area contributed by atoms with Crippen LogP contribution in [0.4, 0.5) is 5.00 Å². The molecule has 0 unspecified atom stereocenters. The summed E-state index contributed by atoms with van der Waals surface area (Å²) in [4.78, 5) is 3.56. The van der Waals surface area contributed by atoms with E-state index < -0.39 is 0 Å². The highest BCUT2D eigenvalue weighted by molar-refractivity contribution is 7.16. The molecule has 1 aromatic carbocycles. The van der Waals surface area contributed by atoms with Crippen LogP contribution in [-0.4, -0.2) is 53.2 Å². The Balaban J connectivity index is 1.64. The molecule has 0 atom stereocenters. The molecule has 7 nitrogen and oxygen atoms in total. The van der Waals surface area contributed by atoms with E-state index in [1.165, 1.54) is 9.88 Å². The molecule has 166 valence electrons. The number of morpholine rings is 1. The van der Waals surface area contributed by atoms with Gasteiger partial charge in [0.2, 0.25) is 0 Å². The average Bonchev–Trinajstić information content (AvgIpc) is 3.50. The quantitative estimate of drug-likeness (QED) is 0.475. The number of hydrogen-bond acceptors (Lipinski definition) is 7. The van der Waals surface area contributed by atoms with Gasteiger partial charge >= 0.3 is 0 Å². The maximum absolute atomic E-state index is 5.55. The van der Waals surface area contributed by atoms with Crippen molar-refractivity contribution >= 4 is 28.1 Å². The molecule has 0 spiro atoms. The number of thiophene rings is 1. The van der Waals surface area contributed by atoms with Crippen molar-refractivity contribution in [1.29, 1.82) is 0 Å². The molecule has 0 radical (unpaired) electrons. The number of rotatable bonds is 4. The molecular formula is C24H27N5O2S. The molecule has 8 heteroatoms. The van der Waals surface area contributed by atoms with Crippen molar-refractivity contribution in [2.75, 3.05) is 38.3 Å². The minimum Gasteiger partial charge on any atom is -0.496 e. The van der Waals surface area contributed by atoms with Crippen LogP contribution in [0.25, 0.3) is 23.1 Å². The monoisotopic (exact) mass is 449 g/mol. The zero-order valence-electron chi connectivity index (χ0n) is 18.8. The van der Waals surface area contributed by atoms with Gasteiger partial charge in [-0.15, -0.1) is 21.5 Å². The Morgan fingerprint density at radius 3 is 2.59 bits per heavy atom. The van der Waals surface area contributed by atoms with E-state index in [0.717, 1.165) is 54.2 Å². The Bertz CT molecular complexity index is 1300.